The lowest BCUT2D eigenvalue weighted by molar-refractivity contribution is 0.142. The molecule has 0 unspecified atom stereocenters. The van der Waals surface area contributed by atoms with Crippen LogP contribution in [0.5, 0.6) is 0 Å². The maximum absolute atomic E-state index is 12.4. The standard InChI is InChI=1S/C13H19BrN2O3S/c14-11-5-4-10(8-12(11)15)20(18,19)16-13(9-17)6-2-1-3-7-13/h4-5,8,16-17H,1-3,6-7,9,15H2. The Morgan fingerprint density at radius 2 is 1.95 bits per heavy atom. The molecule has 112 valence electrons. The topological polar surface area (TPSA) is 92.4 Å². The maximum Gasteiger partial charge on any atom is 0.241 e. The van der Waals surface area contributed by atoms with Crippen molar-refractivity contribution in [3.8, 4) is 0 Å². The molecule has 0 aliphatic heterocycles. The average molecular weight is 363 g/mol. The second-order valence-electron chi connectivity index (χ2n) is 5.29. The minimum Gasteiger partial charge on any atom is -0.398 e. The van der Waals surface area contributed by atoms with Gasteiger partial charge >= 0.3 is 0 Å². The molecule has 0 spiro atoms. The van der Waals surface area contributed by atoms with Gasteiger partial charge in [-0.05, 0) is 47.0 Å². The summed E-state index contributed by atoms with van der Waals surface area (Å²) in [6.07, 6.45) is 4.25. The number of anilines is 1. The molecule has 1 aliphatic carbocycles. The summed E-state index contributed by atoms with van der Waals surface area (Å²) in [5.41, 5.74) is 5.36. The van der Waals surface area contributed by atoms with E-state index in [4.69, 9.17) is 5.73 Å². The lowest BCUT2D eigenvalue weighted by Gasteiger charge is -2.36. The Balaban J connectivity index is 2.27. The summed E-state index contributed by atoms with van der Waals surface area (Å²) < 4.78 is 28.2. The molecule has 1 fully saturated rings. The van der Waals surface area contributed by atoms with Crippen LogP contribution >= 0.6 is 15.9 Å². The number of hydrogen-bond donors (Lipinski definition) is 3. The Hall–Kier alpha value is -0.630. The minimum atomic E-state index is -3.68. The van der Waals surface area contributed by atoms with Crippen LogP contribution < -0.4 is 10.5 Å². The predicted octanol–water partition coefficient (Wildman–Crippen LogP) is 2.00. The van der Waals surface area contributed by atoms with Crippen molar-refractivity contribution in [2.24, 2.45) is 0 Å². The van der Waals surface area contributed by atoms with E-state index in [1.165, 1.54) is 12.1 Å². The van der Waals surface area contributed by atoms with Crippen LogP contribution in [0.4, 0.5) is 5.69 Å². The van der Waals surface area contributed by atoms with Crippen LogP contribution in [-0.4, -0.2) is 25.7 Å². The minimum absolute atomic E-state index is 0.122. The molecule has 1 aromatic rings. The maximum atomic E-state index is 12.4. The molecule has 0 aromatic heterocycles. The van der Waals surface area contributed by atoms with Crippen LogP contribution in [-0.2, 0) is 10.0 Å². The normalized spacial score (nSPS) is 18.9. The number of nitrogens with one attached hydrogen (secondary N) is 1. The molecule has 0 saturated heterocycles. The molecule has 0 radical (unpaired) electrons. The van der Waals surface area contributed by atoms with Gasteiger partial charge in [0.25, 0.3) is 0 Å². The predicted molar refractivity (Wildman–Crippen MR) is 81.8 cm³/mol. The highest BCUT2D eigenvalue weighted by Crippen LogP contribution is 2.30. The van der Waals surface area contributed by atoms with Gasteiger partial charge in [-0.2, -0.15) is 0 Å². The van der Waals surface area contributed by atoms with E-state index in [0.29, 0.717) is 23.0 Å². The molecule has 1 aliphatic rings. The van der Waals surface area contributed by atoms with Crippen LogP contribution in [0.1, 0.15) is 32.1 Å². The second kappa shape index (κ2) is 6.01. The number of benzene rings is 1. The molecular weight excluding hydrogens is 344 g/mol. The SMILES string of the molecule is Nc1cc(S(=O)(=O)NC2(CO)CCCCC2)ccc1Br. The summed E-state index contributed by atoms with van der Waals surface area (Å²) in [7, 11) is -3.68. The van der Waals surface area contributed by atoms with Gasteiger partial charge in [-0.1, -0.05) is 19.3 Å². The Morgan fingerprint density at radius 1 is 1.30 bits per heavy atom. The molecule has 1 saturated carbocycles. The molecule has 0 heterocycles. The van der Waals surface area contributed by atoms with Crippen molar-refractivity contribution in [2.75, 3.05) is 12.3 Å². The zero-order valence-electron chi connectivity index (χ0n) is 11.1. The Morgan fingerprint density at radius 3 is 2.50 bits per heavy atom. The Kier molecular flexibility index (Phi) is 4.73. The van der Waals surface area contributed by atoms with Crippen molar-refractivity contribution < 1.29 is 13.5 Å². The van der Waals surface area contributed by atoms with E-state index in [-0.39, 0.29) is 11.5 Å². The van der Waals surface area contributed by atoms with E-state index in [9.17, 15) is 13.5 Å². The van der Waals surface area contributed by atoms with Crippen molar-refractivity contribution in [3.05, 3.63) is 22.7 Å². The fraction of sp³-hybridized carbons (Fsp3) is 0.538. The first kappa shape index (κ1) is 15.8. The number of aliphatic hydroxyl groups excluding tert-OH is 1. The summed E-state index contributed by atoms with van der Waals surface area (Å²) in [5, 5.41) is 9.59. The van der Waals surface area contributed by atoms with Crippen molar-refractivity contribution >= 4 is 31.6 Å². The molecule has 0 bridgehead atoms. The fourth-order valence-electron chi connectivity index (χ4n) is 2.55. The fourth-order valence-corrected chi connectivity index (χ4v) is 4.29. The van der Waals surface area contributed by atoms with Crippen molar-refractivity contribution in [1.82, 2.24) is 4.72 Å². The van der Waals surface area contributed by atoms with E-state index in [1.54, 1.807) is 6.07 Å². The van der Waals surface area contributed by atoms with Crippen molar-refractivity contribution in [2.45, 2.75) is 42.5 Å². The largest absolute Gasteiger partial charge is 0.398 e. The van der Waals surface area contributed by atoms with Crippen LogP contribution in [0.25, 0.3) is 0 Å². The Labute approximate surface area is 127 Å². The number of rotatable bonds is 4. The third kappa shape index (κ3) is 3.33. The number of hydrogen-bond acceptors (Lipinski definition) is 4. The van der Waals surface area contributed by atoms with Gasteiger partial charge < -0.3 is 10.8 Å². The van der Waals surface area contributed by atoms with Crippen molar-refractivity contribution in [3.63, 3.8) is 0 Å². The molecule has 7 heteroatoms. The van der Waals surface area contributed by atoms with E-state index in [0.717, 1.165) is 19.3 Å². The highest BCUT2D eigenvalue weighted by Gasteiger charge is 2.36. The van der Waals surface area contributed by atoms with E-state index < -0.39 is 15.6 Å². The third-order valence-corrected chi connectivity index (χ3v) is 6.04. The quantitative estimate of drug-likeness (QED) is 0.714. The van der Waals surface area contributed by atoms with Gasteiger partial charge in [-0.15, -0.1) is 0 Å². The summed E-state index contributed by atoms with van der Waals surface area (Å²) in [5.74, 6) is 0. The monoisotopic (exact) mass is 362 g/mol. The van der Waals surface area contributed by atoms with Gasteiger partial charge in [0, 0.05) is 10.2 Å². The molecule has 4 N–H and O–H groups in total. The van der Waals surface area contributed by atoms with Crippen LogP contribution in [0.2, 0.25) is 0 Å². The molecule has 5 nitrogen and oxygen atoms in total. The lowest BCUT2D eigenvalue weighted by atomic mass is 9.83. The lowest BCUT2D eigenvalue weighted by Crippen LogP contribution is -2.52. The first-order valence-corrected chi connectivity index (χ1v) is 8.86. The number of nitrogens with two attached hydrogens (primary N) is 1. The first-order chi connectivity index (χ1) is 9.38. The van der Waals surface area contributed by atoms with Gasteiger partial charge in [0.2, 0.25) is 10.0 Å². The summed E-state index contributed by atoms with van der Waals surface area (Å²) in [6.45, 7) is -0.182. The molecule has 0 atom stereocenters. The number of nitrogen functional groups attached to an aromatic ring is 1. The smallest absolute Gasteiger partial charge is 0.241 e. The van der Waals surface area contributed by atoms with E-state index in [2.05, 4.69) is 20.7 Å². The van der Waals surface area contributed by atoms with Gasteiger partial charge in [0.05, 0.1) is 17.0 Å². The Bertz CT molecular complexity index is 583. The van der Waals surface area contributed by atoms with Gasteiger partial charge in [0.15, 0.2) is 0 Å². The van der Waals surface area contributed by atoms with Crippen LogP contribution in [0, 0.1) is 0 Å². The average Bonchev–Trinajstić information content (AvgIpc) is 2.42. The summed E-state index contributed by atoms with van der Waals surface area (Å²) >= 11 is 3.24. The summed E-state index contributed by atoms with van der Waals surface area (Å²) in [4.78, 5) is 0.122. The molecule has 20 heavy (non-hydrogen) atoms. The van der Waals surface area contributed by atoms with Crippen LogP contribution in [0.3, 0.4) is 0 Å². The number of halogens is 1. The van der Waals surface area contributed by atoms with E-state index in [1.807, 2.05) is 0 Å². The molecule has 0 amide bonds. The van der Waals surface area contributed by atoms with Crippen molar-refractivity contribution in [1.29, 1.82) is 0 Å². The number of sulfonamides is 1. The molecular formula is C13H19BrN2O3S. The van der Waals surface area contributed by atoms with Gasteiger partial charge in [0.1, 0.15) is 0 Å². The third-order valence-electron chi connectivity index (χ3n) is 3.74. The zero-order chi connectivity index (χ0) is 14.8. The zero-order valence-corrected chi connectivity index (χ0v) is 13.5. The first-order valence-electron chi connectivity index (χ1n) is 6.58. The molecule has 2 rings (SSSR count). The highest BCUT2D eigenvalue weighted by molar-refractivity contribution is 9.10. The molecule has 1 aromatic carbocycles. The highest BCUT2D eigenvalue weighted by atomic mass is 79.9. The second-order valence-corrected chi connectivity index (χ2v) is 7.82. The number of aliphatic hydroxyl groups is 1. The summed E-state index contributed by atoms with van der Waals surface area (Å²) in [6, 6.07) is 4.52. The van der Waals surface area contributed by atoms with E-state index >= 15 is 0 Å². The van der Waals surface area contributed by atoms with Gasteiger partial charge in [-0.3, -0.25) is 0 Å². The van der Waals surface area contributed by atoms with Crippen LogP contribution in [0.15, 0.2) is 27.6 Å². The van der Waals surface area contributed by atoms with Gasteiger partial charge in [-0.25, -0.2) is 13.1 Å².